The molecular formula is C12H23N3O. The molecule has 1 saturated carbocycles. The minimum Gasteiger partial charge on any atom is -0.353 e. The van der Waals surface area contributed by atoms with E-state index in [4.69, 9.17) is 5.73 Å². The Labute approximate surface area is 97.6 Å². The molecule has 1 saturated heterocycles. The molecule has 2 fully saturated rings. The van der Waals surface area contributed by atoms with Crippen LogP contribution in [0.5, 0.6) is 0 Å². The van der Waals surface area contributed by atoms with E-state index in [1.165, 1.54) is 25.9 Å². The second-order valence-electron chi connectivity index (χ2n) is 5.36. The molecule has 16 heavy (non-hydrogen) atoms. The van der Waals surface area contributed by atoms with E-state index in [0.717, 1.165) is 25.9 Å². The summed E-state index contributed by atoms with van der Waals surface area (Å²) in [5, 5.41) is 2.97. The normalized spacial score (nSPS) is 25.4. The molecule has 2 aliphatic rings. The monoisotopic (exact) mass is 225 g/mol. The van der Waals surface area contributed by atoms with Crippen molar-refractivity contribution in [3.8, 4) is 0 Å². The molecule has 2 rings (SSSR count). The Morgan fingerprint density at radius 3 is 2.62 bits per heavy atom. The van der Waals surface area contributed by atoms with E-state index in [1.807, 2.05) is 6.92 Å². The lowest BCUT2D eigenvalue weighted by atomic mass is 9.96. The van der Waals surface area contributed by atoms with Gasteiger partial charge in [-0.2, -0.15) is 0 Å². The smallest absolute Gasteiger partial charge is 0.240 e. The molecule has 0 spiro atoms. The highest BCUT2D eigenvalue weighted by Crippen LogP contribution is 2.37. The highest BCUT2D eigenvalue weighted by atomic mass is 16.2. The lowest BCUT2D eigenvalue weighted by Crippen LogP contribution is -2.54. The lowest BCUT2D eigenvalue weighted by Gasteiger charge is -2.24. The Hall–Kier alpha value is -0.610. The average Bonchev–Trinajstić information content (AvgIpc) is 2.99. The van der Waals surface area contributed by atoms with E-state index in [-0.39, 0.29) is 5.91 Å². The van der Waals surface area contributed by atoms with Gasteiger partial charge in [-0.25, -0.2) is 0 Å². The molecule has 4 heteroatoms. The summed E-state index contributed by atoms with van der Waals surface area (Å²) in [4.78, 5) is 14.3. The van der Waals surface area contributed by atoms with E-state index >= 15 is 0 Å². The third-order valence-corrected chi connectivity index (χ3v) is 3.83. The summed E-state index contributed by atoms with van der Waals surface area (Å²) >= 11 is 0. The van der Waals surface area contributed by atoms with Crippen LogP contribution in [-0.2, 0) is 4.79 Å². The molecule has 1 amide bonds. The molecule has 1 aliphatic heterocycles. The lowest BCUT2D eigenvalue weighted by molar-refractivity contribution is -0.126. The molecule has 0 bridgehead atoms. The van der Waals surface area contributed by atoms with Crippen LogP contribution in [0.4, 0.5) is 0 Å². The number of nitrogens with two attached hydrogens (primary N) is 1. The van der Waals surface area contributed by atoms with Crippen molar-refractivity contribution in [1.82, 2.24) is 10.2 Å². The molecule has 92 valence electrons. The van der Waals surface area contributed by atoms with E-state index in [9.17, 15) is 4.79 Å². The number of carbonyl (C=O) groups excluding carboxylic acids is 1. The third kappa shape index (κ3) is 2.74. The summed E-state index contributed by atoms with van der Waals surface area (Å²) in [5.41, 5.74) is 5.39. The summed E-state index contributed by atoms with van der Waals surface area (Å²) in [7, 11) is 0. The minimum absolute atomic E-state index is 0.0224. The van der Waals surface area contributed by atoms with Crippen LogP contribution in [0.1, 0.15) is 32.6 Å². The SMILES string of the molecule is CC(N)(C(=O)NCCN1CCCC1)C1CC1. The van der Waals surface area contributed by atoms with Gasteiger partial charge in [0.05, 0.1) is 5.54 Å². The Morgan fingerprint density at radius 2 is 2.06 bits per heavy atom. The fourth-order valence-corrected chi connectivity index (χ4v) is 2.39. The van der Waals surface area contributed by atoms with Gasteiger partial charge in [-0.15, -0.1) is 0 Å². The number of hydrogen-bond acceptors (Lipinski definition) is 3. The van der Waals surface area contributed by atoms with Gasteiger partial charge in [0.25, 0.3) is 0 Å². The van der Waals surface area contributed by atoms with Gasteiger partial charge in [-0.05, 0) is 51.6 Å². The highest BCUT2D eigenvalue weighted by Gasteiger charge is 2.43. The Kier molecular flexibility index (Phi) is 3.50. The Balaban J connectivity index is 1.66. The van der Waals surface area contributed by atoms with Gasteiger partial charge in [0, 0.05) is 13.1 Å². The summed E-state index contributed by atoms with van der Waals surface area (Å²) < 4.78 is 0. The number of amides is 1. The van der Waals surface area contributed by atoms with Crippen molar-refractivity contribution in [2.75, 3.05) is 26.2 Å². The summed E-state index contributed by atoms with van der Waals surface area (Å²) in [6.45, 7) is 5.91. The largest absolute Gasteiger partial charge is 0.353 e. The predicted molar refractivity (Wildman–Crippen MR) is 64.0 cm³/mol. The maximum Gasteiger partial charge on any atom is 0.240 e. The van der Waals surface area contributed by atoms with E-state index in [1.54, 1.807) is 0 Å². The fourth-order valence-electron chi connectivity index (χ4n) is 2.39. The van der Waals surface area contributed by atoms with Gasteiger partial charge in [0.1, 0.15) is 0 Å². The topological polar surface area (TPSA) is 58.4 Å². The maximum atomic E-state index is 11.9. The van der Waals surface area contributed by atoms with Crippen LogP contribution in [0.2, 0.25) is 0 Å². The first-order valence-electron chi connectivity index (χ1n) is 6.40. The van der Waals surface area contributed by atoms with Crippen molar-refractivity contribution < 1.29 is 4.79 Å². The summed E-state index contributed by atoms with van der Waals surface area (Å²) in [6, 6.07) is 0. The minimum atomic E-state index is -0.648. The van der Waals surface area contributed by atoms with Gasteiger partial charge in [0.2, 0.25) is 5.91 Å². The zero-order valence-corrected chi connectivity index (χ0v) is 10.2. The van der Waals surface area contributed by atoms with Crippen LogP contribution < -0.4 is 11.1 Å². The number of carbonyl (C=O) groups is 1. The van der Waals surface area contributed by atoms with Crippen LogP contribution in [0, 0.1) is 5.92 Å². The Morgan fingerprint density at radius 1 is 1.44 bits per heavy atom. The van der Waals surface area contributed by atoms with Gasteiger partial charge in [-0.3, -0.25) is 4.79 Å². The van der Waals surface area contributed by atoms with E-state index < -0.39 is 5.54 Å². The van der Waals surface area contributed by atoms with E-state index in [0.29, 0.717) is 5.92 Å². The van der Waals surface area contributed by atoms with Gasteiger partial charge >= 0.3 is 0 Å². The molecule has 3 N–H and O–H groups in total. The molecule has 1 aliphatic carbocycles. The number of likely N-dealkylation sites (tertiary alicyclic amines) is 1. The van der Waals surface area contributed by atoms with Crippen molar-refractivity contribution in [1.29, 1.82) is 0 Å². The van der Waals surface area contributed by atoms with Crippen molar-refractivity contribution in [3.63, 3.8) is 0 Å². The number of nitrogens with zero attached hydrogens (tertiary/aromatic N) is 1. The molecule has 1 heterocycles. The Bertz CT molecular complexity index is 255. The van der Waals surface area contributed by atoms with Gasteiger partial charge in [-0.1, -0.05) is 0 Å². The van der Waals surface area contributed by atoms with Crippen LogP contribution in [-0.4, -0.2) is 42.5 Å². The van der Waals surface area contributed by atoms with E-state index in [2.05, 4.69) is 10.2 Å². The first-order chi connectivity index (χ1) is 7.60. The zero-order valence-electron chi connectivity index (χ0n) is 10.2. The first kappa shape index (κ1) is 11.9. The van der Waals surface area contributed by atoms with Crippen LogP contribution >= 0.6 is 0 Å². The van der Waals surface area contributed by atoms with Crippen molar-refractivity contribution in [2.45, 2.75) is 38.1 Å². The van der Waals surface area contributed by atoms with Crippen LogP contribution in [0.3, 0.4) is 0 Å². The highest BCUT2D eigenvalue weighted by molar-refractivity contribution is 5.86. The molecule has 0 aromatic rings. The molecule has 0 aromatic carbocycles. The summed E-state index contributed by atoms with van der Waals surface area (Å²) in [6.07, 6.45) is 4.80. The van der Waals surface area contributed by atoms with Crippen LogP contribution in [0.25, 0.3) is 0 Å². The average molecular weight is 225 g/mol. The quantitative estimate of drug-likeness (QED) is 0.709. The molecule has 4 nitrogen and oxygen atoms in total. The van der Waals surface area contributed by atoms with Crippen molar-refractivity contribution in [3.05, 3.63) is 0 Å². The fraction of sp³-hybridized carbons (Fsp3) is 0.917. The molecule has 1 unspecified atom stereocenters. The second kappa shape index (κ2) is 4.72. The van der Waals surface area contributed by atoms with Crippen molar-refractivity contribution in [2.24, 2.45) is 11.7 Å². The maximum absolute atomic E-state index is 11.9. The van der Waals surface area contributed by atoms with Gasteiger partial charge in [0.15, 0.2) is 0 Å². The first-order valence-corrected chi connectivity index (χ1v) is 6.40. The van der Waals surface area contributed by atoms with Gasteiger partial charge < -0.3 is 16.0 Å². The number of nitrogens with one attached hydrogen (secondary N) is 1. The second-order valence-corrected chi connectivity index (χ2v) is 5.36. The number of rotatable bonds is 5. The molecular weight excluding hydrogens is 202 g/mol. The summed E-state index contributed by atoms with van der Waals surface area (Å²) in [5.74, 6) is 0.425. The standard InChI is InChI=1S/C12H23N3O/c1-12(13,10-4-5-10)11(16)14-6-9-15-7-2-3-8-15/h10H,2-9,13H2,1H3,(H,14,16). The molecule has 0 aromatic heterocycles. The predicted octanol–water partition coefficient (Wildman–Crippen LogP) is 0.326. The third-order valence-electron chi connectivity index (χ3n) is 3.83. The molecule has 1 atom stereocenters. The molecule has 0 radical (unpaired) electrons. The number of hydrogen-bond donors (Lipinski definition) is 2. The zero-order chi connectivity index (χ0) is 11.6. The van der Waals surface area contributed by atoms with Crippen LogP contribution in [0.15, 0.2) is 0 Å². The van der Waals surface area contributed by atoms with Crippen molar-refractivity contribution >= 4 is 5.91 Å².